The maximum atomic E-state index is 10.7. The van der Waals surface area contributed by atoms with Crippen LogP contribution in [0.25, 0.3) is 0 Å². The Morgan fingerprint density at radius 2 is 2.11 bits per heavy atom. The second-order valence-electron chi connectivity index (χ2n) is 5.39. The number of aromatic carboxylic acids is 1. The smallest absolute Gasteiger partial charge is 0.354 e. The SMILES string of the molecule is CCCC1CCC(Nc2ccc(C(=O)O)nc2)CC1. The van der Waals surface area contributed by atoms with Gasteiger partial charge in [0.15, 0.2) is 0 Å². The average Bonchev–Trinajstić information content (AvgIpc) is 2.42. The number of carboxylic acids is 1. The highest BCUT2D eigenvalue weighted by Crippen LogP contribution is 2.29. The van der Waals surface area contributed by atoms with Crippen LogP contribution in [0.15, 0.2) is 18.3 Å². The molecule has 1 aromatic heterocycles. The molecule has 0 amide bonds. The van der Waals surface area contributed by atoms with Crippen LogP contribution in [0.3, 0.4) is 0 Å². The number of carboxylic acid groups (broad SMARTS) is 1. The quantitative estimate of drug-likeness (QED) is 0.851. The molecule has 2 N–H and O–H groups in total. The normalized spacial score (nSPS) is 23.0. The molecule has 104 valence electrons. The Balaban J connectivity index is 1.83. The lowest BCUT2D eigenvalue weighted by Gasteiger charge is -2.29. The molecule has 0 saturated heterocycles. The minimum Gasteiger partial charge on any atom is -0.477 e. The number of aromatic nitrogens is 1. The Morgan fingerprint density at radius 1 is 1.37 bits per heavy atom. The fourth-order valence-corrected chi connectivity index (χ4v) is 2.85. The van der Waals surface area contributed by atoms with Crippen molar-refractivity contribution in [2.75, 3.05) is 5.32 Å². The summed E-state index contributed by atoms with van der Waals surface area (Å²) in [7, 11) is 0. The summed E-state index contributed by atoms with van der Waals surface area (Å²) in [4.78, 5) is 14.6. The first kappa shape index (κ1) is 13.8. The van der Waals surface area contributed by atoms with E-state index in [1.54, 1.807) is 18.3 Å². The predicted molar refractivity (Wildman–Crippen MR) is 75.5 cm³/mol. The Morgan fingerprint density at radius 3 is 2.63 bits per heavy atom. The van der Waals surface area contributed by atoms with Gasteiger partial charge in [0.25, 0.3) is 0 Å². The van der Waals surface area contributed by atoms with E-state index in [1.165, 1.54) is 38.5 Å². The van der Waals surface area contributed by atoms with Gasteiger partial charge in [0.05, 0.1) is 11.9 Å². The van der Waals surface area contributed by atoms with Gasteiger partial charge in [-0.05, 0) is 43.7 Å². The van der Waals surface area contributed by atoms with Crippen molar-refractivity contribution < 1.29 is 9.90 Å². The molecule has 2 rings (SSSR count). The fraction of sp³-hybridized carbons (Fsp3) is 0.600. The van der Waals surface area contributed by atoms with Crippen LogP contribution in [0.1, 0.15) is 55.9 Å². The molecule has 0 aromatic carbocycles. The molecule has 0 atom stereocenters. The summed E-state index contributed by atoms with van der Waals surface area (Å²) in [5.74, 6) is -0.0813. The molecule has 0 bridgehead atoms. The van der Waals surface area contributed by atoms with E-state index in [4.69, 9.17) is 5.11 Å². The summed E-state index contributed by atoms with van der Waals surface area (Å²) in [6.07, 6.45) is 9.24. The lowest BCUT2D eigenvalue weighted by Crippen LogP contribution is -2.26. The van der Waals surface area contributed by atoms with Crippen LogP contribution in [-0.4, -0.2) is 22.1 Å². The summed E-state index contributed by atoms with van der Waals surface area (Å²) >= 11 is 0. The zero-order chi connectivity index (χ0) is 13.7. The topological polar surface area (TPSA) is 62.2 Å². The van der Waals surface area contributed by atoms with Gasteiger partial charge < -0.3 is 10.4 Å². The lowest BCUT2D eigenvalue weighted by atomic mass is 9.83. The Labute approximate surface area is 114 Å². The number of nitrogens with one attached hydrogen (secondary N) is 1. The van der Waals surface area contributed by atoms with E-state index in [2.05, 4.69) is 17.2 Å². The molecule has 0 aliphatic heterocycles. The second-order valence-corrected chi connectivity index (χ2v) is 5.39. The molecule has 0 radical (unpaired) electrons. The van der Waals surface area contributed by atoms with Crippen molar-refractivity contribution in [1.82, 2.24) is 4.98 Å². The molecular weight excluding hydrogens is 240 g/mol. The second kappa shape index (κ2) is 6.55. The summed E-state index contributed by atoms with van der Waals surface area (Å²) < 4.78 is 0. The number of hydrogen-bond acceptors (Lipinski definition) is 3. The summed E-state index contributed by atoms with van der Waals surface area (Å²) in [5, 5.41) is 12.2. The molecule has 4 nitrogen and oxygen atoms in total. The van der Waals surface area contributed by atoms with Crippen molar-refractivity contribution in [2.24, 2.45) is 5.92 Å². The van der Waals surface area contributed by atoms with Gasteiger partial charge in [-0.25, -0.2) is 9.78 Å². The summed E-state index contributed by atoms with van der Waals surface area (Å²) in [6, 6.07) is 3.85. The van der Waals surface area contributed by atoms with E-state index in [9.17, 15) is 4.79 Å². The van der Waals surface area contributed by atoms with Crippen molar-refractivity contribution in [1.29, 1.82) is 0 Å². The summed E-state index contributed by atoms with van der Waals surface area (Å²) in [5.41, 5.74) is 1.01. The third-order valence-electron chi connectivity index (χ3n) is 3.90. The molecule has 1 saturated carbocycles. The highest BCUT2D eigenvalue weighted by atomic mass is 16.4. The van der Waals surface area contributed by atoms with Gasteiger partial charge in [-0.3, -0.25) is 0 Å². The standard InChI is InChI=1S/C15H22N2O2/c1-2-3-11-4-6-12(7-5-11)17-13-8-9-14(15(18)19)16-10-13/h8-12,17H,2-7H2,1H3,(H,18,19). The van der Waals surface area contributed by atoms with Gasteiger partial charge in [-0.15, -0.1) is 0 Å². The zero-order valence-corrected chi connectivity index (χ0v) is 11.4. The molecule has 1 fully saturated rings. The highest BCUT2D eigenvalue weighted by molar-refractivity contribution is 5.85. The van der Waals surface area contributed by atoms with E-state index >= 15 is 0 Å². The molecule has 1 aromatic rings. The average molecular weight is 262 g/mol. The molecule has 4 heteroatoms. The van der Waals surface area contributed by atoms with Crippen LogP contribution in [0.4, 0.5) is 5.69 Å². The van der Waals surface area contributed by atoms with Crippen molar-refractivity contribution in [3.8, 4) is 0 Å². The summed E-state index contributed by atoms with van der Waals surface area (Å²) in [6.45, 7) is 2.25. The number of pyridine rings is 1. The van der Waals surface area contributed by atoms with Gasteiger partial charge in [0.2, 0.25) is 0 Å². The third kappa shape index (κ3) is 3.94. The highest BCUT2D eigenvalue weighted by Gasteiger charge is 2.20. The van der Waals surface area contributed by atoms with Gasteiger partial charge in [0, 0.05) is 6.04 Å². The zero-order valence-electron chi connectivity index (χ0n) is 11.4. The minimum atomic E-state index is -0.980. The van der Waals surface area contributed by atoms with Gasteiger partial charge >= 0.3 is 5.97 Å². The Bertz CT molecular complexity index is 409. The van der Waals surface area contributed by atoms with E-state index in [1.807, 2.05) is 0 Å². The molecule has 1 aliphatic rings. The van der Waals surface area contributed by atoms with Crippen molar-refractivity contribution >= 4 is 11.7 Å². The van der Waals surface area contributed by atoms with Crippen molar-refractivity contribution in [2.45, 2.75) is 51.5 Å². The van der Waals surface area contributed by atoms with E-state index in [0.29, 0.717) is 6.04 Å². The minimum absolute atomic E-state index is 0.0946. The maximum absolute atomic E-state index is 10.7. The van der Waals surface area contributed by atoms with E-state index in [-0.39, 0.29) is 5.69 Å². The van der Waals surface area contributed by atoms with Crippen LogP contribution < -0.4 is 5.32 Å². The van der Waals surface area contributed by atoms with E-state index < -0.39 is 5.97 Å². The molecule has 1 aliphatic carbocycles. The molecule has 0 spiro atoms. The number of carbonyl (C=O) groups is 1. The van der Waals surface area contributed by atoms with E-state index in [0.717, 1.165) is 11.6 Å². The maximum Gasteiger partial charge on any atom is 0.354 e. The third-order valence-corrected chi connectivity index (χ3v) is 3.90. The van der Waals surface area contributed by atoms with Crippen LogP contribution in [0.5, 0.6) is 0 Å². The van der Waals surface area contributed by atoms with Crippen LogP contribution >= 0.6 is 0 Å². The number of nitrogens with zero attached hydrogens (tertiary/aromatic N) is 1. The first-order valence-corrected chi connectivity index (χ1v) is 7.15. The first-order valence-electron chi connectivity index (χ1n) is 7.15. The van der Waals surface area contributed by atoms with Gasteiger partial charge in [-0.2, -0.15) is 0 Å². The van der Waals surface area contributed by atoms with Gasteiger partial charge in [-0.1, -0.05) is 19.8 Å². The lowest BCUT2D eigenvalue weighted by molar-refractivity contribution is 0.0690. The number of anilines is 1. The molecule has 1 heterocycles. The van der Waals surface area contributed by atoms with Crippen molar-refractivity contribution in [3.63, 3.8) is 0 Å². The predicted octanol–water partition coefficient (Wildman–Crippen LogP) is 3.55. The molecule has 0 unspecified atom stereocenters. The van der Waals surface area contributed by atoms with Crippen LogP contribution in [-0.2, 0) is 0 Å². The Hall–Kier alpha value is -1.58. The molecule has 19 heavy (non-hydrogen) atoms. The van der Waals surface area contributed by atoms with Gasteiger partial charge in [0.1, 0.15) is 5.69 Å². The fourth-order valence-electron chi connectivity index (χ4n) is 2.85. The van der Waals surface area contributed by atoms with Crippen molar-refractivity contribution in [3.05, 3.63) is 24.0 Å². The monoisotopic (exact) mass is 262 g/mol. The number of hydrogen-bond donors (Lipinski definition) is 2. The first-order chi connectivity index (χ1) is 9.19. The largest absolute Gasteiger partial charge is 0.477 e. The molecular formula is C15H22N2O2. The number of rotatable bonds is 5. The Kier molecular flexibility index (Phi) is 4.77. The van der Waals surface area contributed by atoms with Crippen LogP contribution in [0, 0.1) is 5.92 Å². The van der Waals surface area contributed by atoms with Crippen LogP contribution in [0.2, 0.25) is 0 Å².